The number of nitrogens with one attached hydrogen (secondary N) is 2. The van der Waals surface area contributed by atoms with E-state index < -0.39 is 12.5 Å². The van der Waals surface area contributed by atoms with E-state index in [1.807, 2.05) is 25.1 Å². The van der Waals surface area contributed by atoms with Gasteiger partial charge in [-0.15, -0.1) is 0 Å². The fourth-order valence-corrected chi connectivity index (χ4v) is 2.58. The minimum atomic E-state index is -3.04. The summed E-state index contributed by atoms with van der Waals surface area (Å²) in [4.78, 5) is 24.0. The van der Waals surface area contributed by atoms with Crippen LogP contribution in [0.25, 0.3) is 6.08 Å². The molecule has 0 unspecified atom stereocenters. The van der Waals surface area contributed by atoms with E-state index in [4.69, 9.17) is 4.74 Å². The average Bonchev–Trinajstić information content (AvgIpc) is 2.71. The smallest absolute Gasteiger partial charge is 0.387 e. The quantitative estimate of drug-likeness (QED) is 0.626. The Labute approximate surface area is 167 Å². The van der Waals surface area contributed by atoms with Crippen LogP contribution in [0.1, 0.15) is 18.1 Å². The largest absolute Gasteiger partial charge is 0.493 e. The lowest BCUT2D eigenvalue weighted by atomic mass is 10.1. The van der Waals surface area contributed by atoms with E-state index in [9.17, 15) is 18.4 Å². The van der Waals surface area contributed by atoms with E-state index in [-0.39, 0.29) is 29.5 Å². The van der Waals surface area contributed by atoms with E-state index in [0.29, 0.717) is 5.69 Å². The molecular formula is C21H22F2N2O4. The van der Waals surface area contributed by atoms with Crippen molar-refractivity contribution in [3.05, 3.63) is 59.7 Å². The number of methoxy groups -OCH3 is 1. The predicted octanol–water partition coefficient (Wildman–Crippen LogP) is 3.63. The number of hydrogen-bond donors (Lipinski definition) is 2. The number of rotatable bonds is 9. The lowest BCUT2D eigenvalue weighted by Crippen LogP contribution is -2.31. The molecule has 29 heavy (non-hydrogen) atoms. The zero-order valence-corrected chi connectivity index (χ0v) is 16.1. The van der Waals surface area contributed by atoms with E-state index in [1.54, 1.807) is 12.1 Å². The third kappa shape index (κ3) is 6.60. The highest BCUT2D eigenvalue weighted by Gasteiger charge is 2.14. The Morgan fingerprint density at radius 2 is 1.90 bits per heavy atom. The molecular weight excluding hydrogens is 382 g/mol. The molecule has 0 radical (unpaired) electrons. The van der Waals surface area contributed by atoms with Crippen molar-refractivity contribution >= 4 is 23.6 Å². The van der Waals surface area contributed by atoms with Crippen LogP contribution in [0.3, 0.4) is 0 Å². The van der Waals surface area contributed by atoms with Crippen LogP contribution < -0.4 is 20.1 Å². The fourth-order valence-electron chi connectivity index (χ4n) is 2.58. The lowest BCUT2D eigenvalue weighted by Gasteiger charge is -2.12. The number of ether oxygens (including phenoxy) is 2. The highest BCUT2D eigenvalue weighted by atomic mass is 19.3. The summed E-state index contributed by atoms with van der Waals surface area (Å²) in [6, 6.07) is 11.9. The molecule has 2 N–H and O–H groups in total. The number of carbonyl (C=O) groups is 2. The number of aryl methyl sites for hydroxylation is 1. The van der Waals surface area contributed by atoms with Gasteiger partial charge in [0.1, 0.15) is 0 Å². The van der Waals surface area contributed by atoms with Crippen molar-refractivity contribution in [1.82, 2.24) is 5.32 Å². The van der Waals surface area contributed by atoms with Crippen LogP contribution in [0.4, 0.5) is 14.5 Å². The molecule has 8 heteroatoms. The molecule has 0 aliphatic rings. The Bertz CT molecular complexity index is 885. The van der Waals surface area contributed by atoms with E-state index in [2.05, 4.69) is 15.4 Å². The van der Waals surface area contributed by atoms with Gasteiger partial charge in [-0.05, 0) is 30.2 Å². The molecule has 0 spiro atoms. The number of halogens is 2. The zero-order chi connectivity index (χ0) is 21.2. The van der Waals surface area contributed by atoms with Crippen molar-refractivity contribution in [2.75, 3.05) is 19.0 Å². The summed E-state index contributed by atoms with van der Waals surface area (Å²) < 4.78 is 34.7. The summed E-state index contributed by atoms with van der Waals surface area (Å²) in [5, 5.41) is 5.18. The molecule has 0 aromatic heterocycles. The lowest BCUT2D eigenvalue weighted by molar-refractivity contribution is -0.121. The van der Waals surface area contributed by atoms with Crippen LogP contribution in [0.5, 0.6) is 11.5 Å². The Morgan fingerprint density at radius 3 is 2.59 bits per heavy atom. The Hall–Kier alpha value is -3.42. The minimum absolute atomic E-state index is 0.113. The van der Waals surface area contributed by atoms with E-state index in [0.717, 1.165) is 18.1 Å². The van der Waals surface area contributed by atoms with Crippen molar-refractivity contribution in [1.29, 1.82) is 0 Å². The summed E-state index contributed by atoms with van der Waals surface area (Å²) in [6.45, 7) is -1.30. The molecule has 2 amide bonds. The van der Waals surface area contributed by atoms with Crippen LogP contribution >= 0.6 is 0 Å². The second-order valence-corrected chi connectivity index (χ2v) is 5.87. The predicted molar refractivity (Wildman–Crippen MR) is 106 cm³/mol. The Balaban J connectivity index is 1.97. The first-order chi connectivity index (χ1) is 13.9. The third-order valence-electron chi connectivity index (χ3n) is 3.95. The van der Waals surface area contributed by atoms with Gasteiger partial charge in [-0.3, -0.25) is 9.59 Å². The second kappa shape index (κ2) is 10.8. The van der Waals surface area contributed by atoms with Crippen molar-refractivity contribution < 1.29 is 27.8 Å². The third-order valence-corrected chi connectivity index (χ3v) is 3.95. The first kappa shape index (κ1) is 21.9. The van der Waals surface area contributed by atoms with E-state index >= 15 is 0 Å². The van der Waals surface area contributed by atoms with Gasteiger partial charge < -0.3 is 20.1 Å². The summed E-state index contributed by atoms with van der Waals surface area (Å²) in [7, 11) is 1.32. The number of anilines is 1. The molecule has 0 aliphatic carbocycles. The van der Waals surface area contributed by atoms with Crippen LogP contribution in [-0.2, 0) is 16.0 Å². The molecule has 6 nitrogen and oxygen atoms in total. The molecule has 0 atom stereocenters. The first-order valence-electron chi connectivity index (χ1n) is 8.90. The minimum Gasteiger partial charge on any atom is -0.493 e. The van der Waals surface area contributed by atoms with Gasteiger partial charge in [-0.2, -0.15) is 8.78 Å². The standard InChI is InChI=1S/C21H22F2N2O4/c1-3-14-7-4-5-9-16(14)25-19(27)13-24-18(26)12-11-15-8-6-10-17(28-2)20(15)29-21(22)23/h4-12,21H,3,13H2,1-2H3,(H,24,26)(H,25,27)/b12-11+. The van der Waals surface area contributed by atoms with Crippen LogP contribution in [0.2, 0.25) is 0 Å². The number of alkyl halides is 2. The molecule has 154 valence electrons. The van der Waals surface area contributed by atoms with Crippen molar-refractivity contribution in [2.45, 2.75) is 20.0 Å². The molecule has 0 fully saturated rings. The normalized spacial score (nSPS) is 10.8. The summed E-state index contributed by atoms with van der Waals surface area (Å²) in [5.74, 6) is -1.00. The van der Waals surface area contributed by atoms with Crippen molar-refractivity contribution in [3.63, 3.8) is 0 Å². The van der Waals surface area contributed by atoms with Crippen LogP contribution in [0.15, 0.2) is 48.5 Å². The van der Waals surface area contributed by atoms with Crippen molar-refractivity contribution in [3.8, 4) is 11.5 Å². The summed E-state index contributed by atoms with van der Waals surface area (Å²) >= 11 is 0. The van der Waals surface area contributed by atoms with Gasteiger partial charge in [0.05, 0.1) is 13.7 Å². The Morgan fingerprint density at radius 1 is 1.14 bits per heavy atom. The van der Waals surface area contributed by atoms with Crippen LogP contribution in [0, 0.1) is 0 Å². The number of amides is 2. The number of para-hydroxylation sites is 2. The molecule has 0 heterocycles. The average molecular weight is 404 g/mol. The van der Waals surface area contributed by atoms with Gasteiger partial charge in [-0.25, -0.2) is 0 Å². The number of benzene rings is 2. The Kier molecular flexibility index (Phi) is 8.14. The molecule has 0 bridgehead atoms. The highest BCUT2D eigenvalue weighted by molar-refractivity contribution is 5.98. The van der Waals surface area contributed by atoms with E-state index in [1.165, 1.54) is 25.3 Å². The van der Waals surface area contributed by atoms with Gasteiger partial charge in [0, 0.05) is 17.3 Å². The van der Waals surface area contributed by atoms with Gasteiger partial charge in [0.25, 0.3) is 0 Å². The molecule has 2 aromatic rings. The highest BCUT2D eigenvalue weighted by Crippen LogP contribution is 2.33. The van der Waals surface area contributed by atoms with Crippen molar-refractivity contribution in [2.24, 2.45) is 0 Å². The molecule has 0 saturated carbocycles. The van der Waals surface area contributed by atoms with Gasteiger partial charge in [-0.1, -0.05) is 37.3 Å². The molecule has 0 aliphatic heterocycles. The topological polar surface area (TPSA) is 76.7 Å². The maximum absolute atomic E-state index is 12.6. The molecule has 2 rings (SSSR count). The first-order valence-corrected chi connectivity index (χ1v) is 8.90. The SMILES string of the molecule is CCc1ccccc1NC(=O)CNC(=O)/C=C/c1cccc(OC)c1OC(F)F. The van der Waals surface area contributed by atoms with Gasteiger partial charge in [0.15, 0.2) is 11.5 Å². The molecule has 0 saturated heterocycles. The number of hydrogen-bond acceptors (Lipinski definition) is 4. The summed E-state index contributed by atoms with van der Waals surface area (Å²) in [5.41, 5.74) is 1.91. The van der Waals surface area contributed by atoms with Gasteiger partial charge in [0.2, 0.25) is 11.8 Å². The van der Waals surface area contributed by atoms with Crippen LogP contribution in [-0.4, -0.2) is 32.1 Å². The zero-order valence-electron chi connectivity index (χ0n) is 16.1. The second-order valence-electron chi connectivity index (χ2n) is 5.87. The van der Waals surface area contributed by atoms with Gasteiger partial charge >= 0.3 is 6.61 Å². The monoisotopic (exact) mass is 404 g/mol. The maximum Gasteiger partial charge on any atom is 0.387 e. The number of carbonyl (C=O) groups excluding carboxylic acids is 2. The molecule has 2 aromatic carbocycles. The summed E-state index contributed by atoms with van der Waals surface area (Å²) in [6.07, 6.45) is 3.19. The maximum atomic E-state index is 12.6. The fraction of sp³-hybridized carbons (Fsp3) is 0.238.